The first-order valence-corrected chi connectivity index (χ1v) is 16.5. The normalized spacial score (nSPS) is 11.8. The van der Waals surface area contributed by atoms with Crippen molar-refractivity contribution in [3.8, 4) is 34.2 Å². The summed E-state index contributed by atoms with van der Waals surface area (Å²) in [5, 5.41) is 2.88. The number of hydrogen-bond acceptors (Lipinski definition) is 5. The van der Waals surface area contributed by atoms with Crippen LogP contribution in [0.1, 0.15) is 5.82 Å². The molecule has 0 bridgehead atoms. The van der Waals surface area contributed by atoms with Crippen LogP contribution >= 0.6 is 0 Å². The molecule has 8 nitrogen and oxygen atoms in total. The van der Waals surface area contributed by atoms with Crippen molar-refractivity contribution in [2.45, 2.75) is 6.92 Å². The van der Waals surface area contributed by atoms with E-state index in [0.717, 1.165) is 55.3 Å². The van der Waals surface area contributed by atoms with E-state index in [1.165, 1.54) is 9.95 Å². The van der Waals surface area contributed by atoms with E-state index in [1.54, 1.807) is 0 Å². The largest absolute Gasteiger partial charge is 0.309 e. The number of aryl methyl sites for hydroxylation is 1. The number of nitrogens with zero attached hydrogens (tertiary/aromatic N) is 7. The molecule has 0 amide bonds. The molecule has 0 saturated carbocycles. The van der Waals surface area contributed by atoms with E-state index >= 15 is 0 Å². The van der Waals surface area contributed by atoms with Gasteiger partial charge in [-0.1, -0.05) is 91.0 Å². The van der Waals surface area contributed by atoms with Gasteiger partial charge in [-0.2, -0.15) is 9.97 Å². The van der Waals surface area contributed by atoms with E-state index in [4.69, 9.17) is 9.97 Å². The lowest BCUT2D eigenvalue weighted by atomic mass is 10.0. The first-order chi connectivity index (χ1) is 24.6. The van der Waals surface area contributed by atoms with Crippen LogP contribution in [0.5, 0.6) is 0 Å². The molecule has 50 heavy (non-hydrogen) atoms. The molecule has 6 aromatic carbocycles. The third-order valence-electron chi connectivity index (χ3n) is 9.40. The molecule has 0 aliphatic heterocycles. The summed E-state index contributed by atoms with van der Waals surface area (Å²) in [7, 11) is 0. The summed E-state index contributed by atoms with van der Waals surface area (Å²) in [6.07, 6.45) is 0. The van der Waals surface area contributed by atoms with Gasteiger partial charge in [-0.25, -0.2) is 14.5 Å². The zero-order chi connectivity index (χ0) is 33.3. The maximum absolute atomic E-state index is 14.5. The van der Waals surface area contributed by atoms with Gasteiger partial charge in [0.05, 0.1) is 33.0 Å². The second kappa shape index (κ2) is 10.8. The summed E-state index contributed by atoms with van der Waals surface area (Å²) in [4.78, 5) is 33.5. The van der Waals surface area contributed by atoms with Crippen LogP contribution in [-0.2, 0) is 0 Å². The summed E-state index contributed by atoms with van der Waals surface area (Å²) in [5.74, 6) is 1.67. The predicted molar refractivity (Wildman–Crippen MR) is 199 cm³/mol. The van der Waals surface area contributed by atoms with E-state index in [-0.39, 0.29) is 11.5 Å². The van der Waals surface area contributed by atoms with Crippen molar-refractivity contribution in [2.24, 2.45) is 0 Å². The number of para-hydroxylation sites is 4. The molecule has 236 valence electrons. The minimum Gasteiger partial charge on any atom is -0.309 e. The van der Waals surface area contributed by atoms with Crippen LogP contribution in [0, 0.1) is 6.92 Å². The molecule has 0 fully saturated rings. The van der Waals surface area contributed by atoms with E-state index < -0.39 is 0 Å². The molecule has 0 aliphatic carbocycles. The fraction of sp³-hybridized carbons (Fsp3) is 0.0238. The Bertz CT molecular complexity index is 3010. The molecule has 0 aliphatic rings. The first-order valence-electron chi connectivity index (χ1n) is 16.5. The SMILES string of the molecule is Cc1nc(-c2ccccc2)nc(-n2c(=O)c3ccc(-c4ccc5c(c4)c4ccccc4n5-c4ccccc4)cc3n3c4ccccc4nc23)n1. The Morgan fingerprint density at radius 1 is 0.480 bits per heavy atom. The van der Waals surface area contributed by atoms with Gasteiger partial charge in [0.1, 0.15) is 5.82 Å². The van der Waals surface area contributed by atoms with Crippen LogP contribution in [0.2, 0.25) is 0 Å². The third kappa shape index (κ3) is 4.22. The lowest BCUT2D eigenvalue weighted by Crippen LogP contribution is -2.24. The van der Waals surface area contributed by atoms with Crippen LogP contribution in [0.15, 0.2) is 150 Å². The molecule has 0 unspecified atom stereocenters. The monoisotopic (exact) mass is 645 g/mol. The molecule has 10 aromatic rings. The molecule has 0 spiro atoms. The molecule has 0 saturated heterocycles. The standard InChI is InChI=1S/C42H27N7O/c1-26-43-39(27-12-4-2-5-13-27)46-41(44-26)49-40(50)32-22-20-29(25-38(32)48-37-19-11-9-17-34(37)45-42(48)49)28-21-23-36-33(24-28)31-16-8-10-18-35(31)47(36)30-14-6-3-7-15-30/h2-25H,1H3. The number of hydrogen-bond donors (Lipinski definition) is 0. The second-order valence-electron chi connectivity index (χ2n) is 12.4. The van der Waals surface area contributed by atoms with Crippen molar-refractivity contribution in [2.75, 3.05) is 0 Å². The van der Waals surface area contributed by atoms with Crippen molar-refractivity contribution in [3.63, 3.8) is 0 Å². The van der Waals surface area contributed by atoms with Gasteiger partial charge in [0.25, 0.3) is 5.56 Å². The molecule has 4 aromatic heterocycles. The molecule has 0 radical (unpaired) electrons. The quantitative estimate of drug-likeness (QED) is 0.191. The number of aromatic nitrogens is 7. The van der Waals surface area contributed by atoms with Gasteiger partial charge in [0, 0.05) is 22.0 Å². The van der Waals surface area contributed by atoms with Gasteiger partial charge in [0.2, 0.25) is 11.7 Å². The van der Waals surface area contributed by atoms with Crippen LogP contribution in [0.4, 0.5) is 0 Å². The zero-order valence-electron chi connectivity index (χ0n) is 26.9. The lowest BCUT2D eigenvalue weighted by molar-refractivity contribution is 0.850. The second-order valence-corrected chi connectivity index (χ2v) is 12.4. The van der Waals surface area contributed by atoms with Crippen LogP contribution in [0.25, 0.3) is 83.7 Å². The van der Waals surface area contributed by atoms with E-state index in [0.29, 0.717) is 22.8 Å². The highest BCUT2D eigenvalue weighted by atomic mass is 16.1. The number of benzene rings is 6. The molecule has 8 heteroatoms. The average Bonchev–Trinajstić information content (AvgIpc) is 3.71. The number of rotatable bonds is 4. The summed E-state index contributed by atoms with van der Waals surface area (Å²) >= 11 is 0. The minimum absolute atomic E-state index is 0.230. The Morgan fingerprint density at radius 2 is 1.16 bits per heavy atom. The van der Waals surface area contributed by atoms with E-state index in [1.807, 2.05) is 84.1 Å². The van der Waals surface area contributed by atoms with Crippen molar-refractivity contribution < 1.29 is 0 Å². The van der Waals surface area contributed by atoms with Gasteiger partial charge in [0.15, 0.2) is 5.82 Å². The zero-order valence-corrected chi connectivity index (χ0v) is 26.9. The van der Waals surface area contributed by atoms with Crippen molar-refractivity contribution >= 4 is 49.5 Å². The van der Waals surface area contributed by atoms with Gasteiger partial charge < -0.3 is 4.57 Å². The van der Waals surface area contributed by atoms with Crippen LogP contribution in [0.3, 0.4) is 0 Å². The van der Waals surface area contributed by atoms with Crippen molar-refractivity contribution in [3.05, 3.63) is 162 Å². The van der Waals surface area contributed by atoms with Gasteiger partial charge in [-0.15, -0.1) is 0 Å². The summed E-state index contributed by atoms with van der Waals surface area (Å²) in [6, 6.07) is 49.2. The maximum Gasteiger partial charge on any atom is 0.269 e. The smallest absolute Gasteiger partial charge is 0.269 e. The van der Waals surface area contributed by atoms with Gasteiger partial charge in [-0.05, 0) is 72.6 Å². The minimum atomic E-state index is -0.250. The third-order valence-corrected chi connectivity index (χ3v) is 9.40. The summed E-state index contributed by atoms with van der Waals surface area (Å²) in [6.45, 7) is 1.81. The van der Waals surface area contributed by atoms with E-state index in [2.05, 4.69) is 87.3 Å². The lowest BCUT2D eigenvalue weighted by Gasteiger charge is -2.13. The molecule has 10 rings (SSSR count). The molecular weight excluding hydrogens is 619 g/mol. The summed E-state index contributed by atoms with van der Waals surface area (Å²) < 4.78 is 5.86. The predicted octanol–water partition coefficient (Wildman–Crippen LogP) is 8.72. The Kier molecular flexibility index (Phi) is 6.07. The van der Waals surface area contributed by atoms with Gasteiger partial charge >= 0.3 is 0 Å². The molecule has 0 atom stereocenters. The topological polar surface area (TPSA) is 82.9 Å². The fourth-order valence-corrected chi connectivity index (χ4v) is 7.16. The van der Waals surface area contributed by atoms with Crippen LogP contribution < -0.4 is 5.56 Å². The van der Waals surface area contributed by atoms with Gasteiger partial charge in [-0.3, -0.25) is 9.20 Å². The Hall–Kier alpha value is -6.93. The van der Waals surface area contributed by atoms with Crippen molar-refractivity contribution in [1.29, 1.82) is 0 Å². The van der Waals surface area contributed by atoms with E-state index in [9.17, 15) is 4.79 Å². The fourth-order valence-electron chi connectivity index (χ4n) is 7.16. The Labute approximate surface area is 285 Å². The number of fused-ring (bicyclic) bond motifs is 8. The molecule has 4 heterocycles. The molecule has 0 N–H and O–H groups in total. The first kappa shape index (κ1) is 28.1. The Balaban J connectivity index is 1.22. The van der Waals surface area contributed by atoms with Crippen molar-refractivity contribution in [1.82, 2.24) is 33.5 Å². The summed E-state index contributed by atoms with van der Waals surface area (Å²) in [5.41, 5.74) is 8.45. The maximum atomic E-state index is 14.5. The average molecular weight is 646 g/mol. The number of imidazole rings is 1. The Morgan fingerprint density at radius 3 is 2.00 bits per heavy atom. The van der Waals surface area contributed by atoms with Crippen LogP contribution in [-0.4, -0.2) is 33.5 Å². The highest BCUT2D eigenvalue weighted by Crippen LogP contribution is 2.36. The molecular formula is C42H27N7O. The highest BCUT2D eigenvalue weighted by molar-refractivity contribution is 6.10. The highest BCUT2D eigenvalue weighted by Gasteiger charge is 2.21.